The zero-order valence-corrected chi connectivity index (χ0v) is 17.8. The number of hydrogen-bond donors (Lipinski definition) is 1. The number of rotatable bonds is 3. The Bertz CT molecular complexity index is 1160. The van der Waals surface area contributed by atoms with E-state index >= 15 is 0 Å². The van der Waals surface area contributed by atoms with Gasteiger partial charge in [-0.05, 0) is 56.4 Å². The lowest BCUT2D eigenvalue weighted by atomic mass is 9.78. The van der Waals surface area contributed by atoms with E-state index in [9.17, 15) is 0 Å². The third-order valence-electron chi connectivity index (χ3n) is 6.29. The Morgan fingerprint density at radius 3 is 2.10 bits per heavy atom. The van der Waals surface area contributed by atoms with Crippen LogP contribution in [0.25, 0.3) is 33.5 Å². The molecule has 0 saturated carbocycles. The van der Waals surface area contributed by atoms with Crippen molar-refractivity contribution in [1.29, 1.82) is 0 Å². The first-order valence-corrected chi connectivity index (χ1v) is 10.3. The van der Waals surface area contributed by atoms with Crippen LogP contribution >= 0.6 is 0 Å². The van der Waals surface area contributed by atoms with Gasteiger partial charge < -0.3 is 14.3 Å². The zero-order valence-electron chi connectivity index (χ0n) is 17.8. The highest BCUT2D eigenvalue weighted by Crippen LogP contribution is 2.36. The molecule has 4 nitrogen and oxygen atoms in total. The summed E-state index contributed by atoms with van der Waals surface area (Å²) in [5, 5.41) is 0. The van der Waals surface area contributed by atoms with Gasteiger partial charge in [0.15, 0.2) is 0 Å². The third-order valence-corrected chi connectivity index (χ3v) is 6.29. The van der Waals surface area contributed by atoms with E-state index in [0.717, 1.165) is 39.0 Å². The van der Waals surface area contributed by atoms with Crippen molar-refractivity contribution in [1.82, 2.24) is 9.97 Å². The normalized spacial score (nSPS) is 17.5. The number of aromatic amines is 1. The maximum atomic E-state index is 6.21. The molecule has 0 unspecified atom stereocenters. The van der Waals surface area contributed by atoms with E-state index in [1.54, 1.807) is 0 Å². The highest BCUT2D eigenvalue weighted by molar-refractivity contribution is 6.62. The molecule has 4 aromatic rings. The van der Waals surface area contributed by atoms with Crippen molar-refractivity contribution in [3.8, 4) is 22.5 Å². The molecule has 0 amide bonds. The number of nitrogens with zero attached hydrogens (tertiary/aromatic N) is 1. The molecule has 0 spiro atoms. The molecule has 5 rings (SSSR count). The van der Waals surface area contributed by atoms with Crippen LogP contribution in [0, 0.1) is 0 Å². The topological polar surface area (TPSA) is 47.1 Å². The van der Waals surface area contributed by atoms with Gasteiger partial charge in [0.25, 0.3) is 0 Å². The van der Waals surface area contributed by atoms with Gasteiger partial charge in [0, 0.05) is 5.56 Å². The van der Waals surface area contributed by atoms with Crippen LogP contribution in [0.15, 0.2) is 72.8 Å². The summed E-state index contributed by atoms with van der Waals surface area (Å²) < 4.78 is 12.4. The van der Waals surface area contributed by atoms with Crippen LogP contribution in [0.3, 0.4) is 0 Å². The van der Waals surface area contributed by atoms with Crippen LogP contribution in [0.1, 0.15) is 27.7 Å². The number of para-hydroxylation sites is 2. The van der Waals surface area contributed by atoms with Crippen molar-refractivity contribution in [2.45, 2.75) is 38.9 Å². The average molecular weight is 396 g/mol. The van der Waals surface area contributed by atoms with Gasteiger partial charge in [0.05, 0.1) is 22.2 Å². The SMILES string of the molecule is CC1(C)OB(c2cccc(-c3ccc(-c4nc5ccccc5[nH]4)cc3)c2)OC1(C)C. The zero-order chi connectivity index (χ0) is 20.9. The maximum absolute atomic E-state index is 6.21. The minimum absolute atomic E-state index is 0.345. The Hall–Kier alpha value is -2.89. The first-order valence-electron chi connectivity index (χ1n) is 10.3. The molecule has 0 aliphatic carbocycles. The Labute approximate surface area is 177 Å². The molecule has 1 aliphatic heterocycles. The molecular weight excluding hydrogens is 371 g/mol. The standard InChI is InChI=1S/C25H25BN2O2/c1-24(2)25(3,4)30-26(29-24)20-9-7-8-19(16-20)17-12-14-18(15-13-17)23-27-21-10-5-6-11-22(21)28-23/h5-16H,1-4H3,(H,27,28). The first-order chi connectivity index (χ1) is 14.3. The second-order valence-electron chi connectivity index (χ2n) is 8.89. The Balaban J connectivity index is 1.42. The van der Waals surface area contributed by atoms with E-state index in [1.807, 2.05) is 24.3 Å². The molecule has 2 heterocycles. The first kappa shape index (κ1) is 19.1. The number of nitrogens with one attached hydrogen (secondary N) is 1. The average Bonchev–Trinajstić information content (AvgIpc) is 3.26. The van der Waals surface area contributed by atoms with Crippen molar-refractivity contribution in [3.05, 3.63) is 72.8 Å². The van der Waals surface area contributed by atoms with Gasteiger partial charge in [0.2, 0.25) is 0 Å². The summed E-state index contributed by atoms with van der Waals surface area (Å²) in [6.07, 6.45) is 0. The van der Waals surface area contributed by atoms with Crippen molar-refractivity contribution in [2.24, 2.45) is 0 Å². The Morgan fingerprint density at radius 1 is 0.733 bits per heavy atom. The van der Waals surface area contributed by atoms with Gasteiger partial charge in [-0.3, -0.25) is 0 Å². The van der Waals surface area contributed by atoms with Crippen LogP contribution in [0.5, 0.6) is 0 Å². The molecule has 0 radical (unpaired) electrons. The summed E-state index contributed by atoms with van der Waals surface area (Å²) in [7, 11) is -0.357. The van der Waals surface area contributed by atoms with E-state index in [2.05, 4.69) is 81.2 Å². The number of benzene rings is 3. The molecule has 30 heavy (non-hydrogen) atoms. The summed E-state index contributed by atoms with van der Waals surface area (Å²) >= 11 is 0. The number of imidazole rings is 1. The summed E-state index contributed by atoms with van der Waals surface area (Å²) in [6.45, 7) is 8.31. The molecule has 3 aromatic carbocycles. The van der Waals surface area contributed by atoms with Gasteiger partial charge in [-0.1, -0.05) is 60.7 Å². The fourth-order valence-electron chi connectivity index (χ4n) is 3.75. The monoisotopic (exact) mass is 396 g/mol. The third kappa shape index (κ3) is 3.24. The molecule has 1 aliphatic rings. The summed E-state index contributed by atoms with van der Waals surface area (Å²) in [5.41, 5.74) is 5.72. The van der Waals surface area contributed by atoms with E-state index in [4.69, 9.17) is 14.3 Å². The molecule has 1 fully saturated rings. The summed E-state index contributed by atoms with van der Waals surface area (Å²) in [6, 6.07) is 24.9. The summed E-state index contributed by atoms with van der Waals surface area (Å²) in [5.74, 6) is 0.883. The molecule has 1 aromatic heterocycles. The molecule has 5 heteroatoms. The predicted molar refractivity (Wildman–Crippen MR) is 123 cm³/mol. The maximum Gasteiger partial charge on any atom is 0.494 e. The number of aromatic nitrogens is 2. The largest absolute Gasteiger partial charge is 0.494 e. The van der Waals surface area contributed by atoms with Crippen molar-refractivity contribution in [2.75, 3.05) is 0 Å². The molecule has 1 N–H and O–H groups in total. The van der Waals surface area contributed by atoms with E-state index in [1.165, 1.54) is 0 Å². The number of fused-ring (bicyclic) bond motifs is 1. The summed E-state index contributed by atoms with van der Waals surface area (Å²) in [4.78, 5) is 8.08. The van der Waals surface area contributed by atoms with Crippen molar-refractivity contribution < 1.29 is 9.31 Å². The van der Waals surface area contributed by atoms with Gasteiger partial charge in [-0.25, -0.2) is 4.98 Å². The Morgan fingerprint density at radius 2 is 1.40 bits per heavy atom. The van der Waals surface area contributed by atoms with E-state index in [0.29, 0.717) is 0 Å². The van der Waals surface area contributed by atoms with Crippen LogP contribution in [0.2, 0.25) is 0 Å². The van der Waals surface area contributed by atoms with Gasteiger partial charge >= 0.3 is 7.12 Å². The van der Waals surface area contributed by atoms with E-state index < -0.39 is 0 Å². The lowest BCUT2D eigenvalue weighted by molar-refractivity contribution is 0.00578. The van der Waals surface area contributed by atoms with Gasteiger partial charge in [0.1, 0.15) is 5.82 Å². The Kier molecular flexibility index (Phi) is 4.35. The van der Waals surface area contributed by atoms with E-state index in [-0.39, 0.29) is 18.3 Å². The van der Waals surface area contributed by atoms with Crippen LogP contribution in [-0.4, -0.2) is 28.3 Å². The fourth-order valence-corrected chi connectivity index (χ4v) is 3.75. The molecular formula is C25H25BN2O2. The minimum atomic E-state index is -0.357. The highest BCUT2D eigenvalue weighted by Gasteiger charge is 2.51. The quantitative estimate of drug-likeness (QED) is 0.485. The smallest absolute Gasteiger partial charge is 0.399 e. The lowest BCUT2D eigenvalue weighted by Crippen LogP contribution is -2.41. The van der Waals surface area contributed by atoms with Crippen molar-refractivity contribution in [3.63, 3.8) is 0 Å². The molecule has 1 saturated heterocycles. The van der Waals surface area contributed by atoms with Gasteiger partial charge in [-0.2, -0.15) is 0 Å². The van der Waals surface area contributed by atoms with Crippen LogP contribution < -0.4 is 5.46 Å². The molecule has 150 valence electrons. The van der Waals surface area contributed by atoms with Crippen LogP contribution in [-0.2, 0) is 9.31 Å². The minimum Gasteiger partial charge on any atom is -0.399 e. The lowest BCUT2D eigenvalue weighted by Gasteiger charge is -2.32. The second kappa shape index (κ2) is 6.83. The van der Waals surface area contributed by atoms with Crippen LogP contribution in [0.4, 0.5) is 0 Å². The number of hydrogen-bond acceptors (Lipinski definition) is 3. The number of H-pyrrole nitrogens is 1. The molecule has 0 atom stereocenters. The van der Waals surface area contributed by atoms with Crippen molar-refractivity contribution >= 4 is 23.6 Å². The second-order valence-corrected chi connectivity index (χ2v) is 8.89. The predicted octanol–water partition coefficient (Wildman–Crippen LogP) is 5.20. The fraction of sp³-hybridized carbons (Fsp3) is 0.240. The van der Waals surface area contributed by atoms with Gasteiger partial charge in [-0.15, -0.1) is 0 Å². The molecule has 0 bridgehead atoms. The highest BCUT2D eigenvalue weighted by atomic mass is 16.7.